The molecular weight excluding hydrogens is 294 g/mol. The Bertz CT molecular complexity index is 365. The zero-order chi connectivity index (χ0) is 13.5. The van der Waals surface area contributed by atoms with Gasteiger partial charge in [-0.05, 0) is 35.7 Å². The van der Waals surface area contributed by atoms with E-state index in [1.165, 1.54) is 0 Å². The fourth-order valence-electron chi connectivity index (χ4n) is 1.98. The number of aliphatic hydroxyl groups is 1. The first-order valence-corrected chi connectivity index (χ1v) is 7.56. The van der Waals surface area contributed by atoms with Crippen LogP contribution in [0, 0.1) is 0 Å². The van der Waals surface area contributed by atoms with Gasteiger partial charge < -0.3 is 10.4 Å². The van der Waals surface area contributed by atoms with E-state index in [4.69, 9.17) is 0 Å². The number of hydrogen-bond donors (Lipinski definition) is 2. The van der Waals surface area contributed by atoms with Crippen molar-refractivity contribution < 1.29 is 5.11 Å². The zero-order valence-electron chi connectivity index (χ0n) is 11.5. The number of aliphatic hydroxyl groups excluding tert-OH is 1. The molecule has 2 N–H and O–H groups in total. The van der Waals surface area contributed by atoms with Crippen LogP contribution < -0.4 is 5.32 Å². The lowest BCUT2D eigenvalue weighted by Crippen LogP contribution is -2.27. The average Bonchev–Trinajstić information content (AvgIpc) is 2.66. The highest BCUT2D eigenvalue weighted by Crippen LogP contribution is 2.22. The van der Waals surface area contributed by atoms with Crippen molar-refractivity contribution in [1.82, 2.24) is 15.1 Å². The fraction of sp³-hybridized carbons (Fsp3) is 0.769. The van der Waals surface area contributed by atoms with E-state index < -0.39 is 0 Å². The van der Waals surface area contributed by atoms with Crippen LogP contribution in [0.1, 0.15) is 45.0 Å². The molecule has 1 heterocycles. The van der Waals surface area contributed by atoms with E-state index in [1.807, 2.05) is 4.68 Å². The first-order valence-electron chi connectivity index (χ1n) is 6.76. The lowest BCUT2D eigenvalue weighted by molar-refractivity contribution is 0.160. The number of aromatic nitrogens is 2. The molecular formula is C13H24BrN3O. The van der Waals surface area contributed by atoms with Gasteiger partial charge in [0.1, 0.15) is 0 Å². The van der Waals surface area contributed by atoms with Crippen LogP contribution >= 0.6 is 15.9 Å². The average molecular weight is 318 g/mol. The van der Waals surface area contributed by atoms with Gasteiger partial charge in [0, 0.05) is 19.6 Å². The van der Waals surface area contributed by atoms with Crippen LogP contribution in [0.15, 0.2) is 4.47 Å². The Morgan fingerprint density at radius 3 is 2.67 bits per heavy atom. The van der Waals surface area contributed by atoms with Crippen LogP contribution in [0.25, 0.3) is 0 Å². The molecule has 18 heavy (non-hydrogen) atoms. The van der Waals surface area contributed by atoms with Crippen LogP contribution in [-0.4, -0.2) is 27.5 Å². The minimum atomic E-state index is -0.252. The first-order chi connectivity index (χ1) is 8.63. The minimum absolute atomic E-state index is 0.252. The predicted octanol–water partition coefficient (Wildman–Crippen LogP) is 2.48. The number of nitrogens with one attached hydrogen (secondary N) is 1. The Hall–Kier alpha value is -0.390. The zero-order valence-corrected chi connectivity index (χ0v) is 13.1. The third-order valence-corrected chi connectivity index (χ3v) is 3.90. The van der Waals surface area contributed by atoms with Gasteiger partial charge >= 0.3 is 0 Å². The summed E-state index contributed by atoms with van der Waals surface area (Å²) in [6.07, 6.45) is 2.54. The third kappa shape index (κ3) is 4.07. The number of aryl methyl sites for hydroxylation is 2. The summed E-state index contributed by atoms with van der Waals surface area (Å²) in [5.41, 5.74) is 2.26. The Kier molecular flexibility index (Phi) is 6.89. The highest BCUT2D eigenvalue weighted by molar-refractivity contribution is 9.10. The molecule has 0 saturated heterocycles. The van der Waals surface area contributed by atoms with Gasteiger partial charge in [-0.25, -0.2) is 0 Å². The van der Waals surface area contributed by atoms with Gasteiger partial charge in [0.15, 0.2) is 0 Å². The van der Waals surface area contributed by atoms with Crippen LogP contribution in [0.2, 0.25) is 0 Å². The molecule has 0 aliphatic rings. The quantitative estimate of drug-likeness (QED) is 0.774. The van der Waals surface area contributed by atoms with Crippen molar-refractivity contribution in [1.29, 1.82) is 0 Å². The van der Waals surface area contributed by atoms with Crippen molar-refractivity contribution in [3.8, 4) is 0 Å². The van der Waals surface area contributed by atoms with Gasteiger partial charge in [0.25, 0.3) is 0 Å². The maximum atomic E-state index is 9.68. The van der Waals surface area contributed by atoms with Gasteiger partial charge in [0.05, 0.1) is 22.0 Å². The lowest BCUT2D eigenvalue weighted by Gasteiger charge is -2.11. The number of halogens is 1. The Morgan fingerprint density at radius 1 is 1.39 bits per heavy atom. The van der Waals surface area contributed by atoms with Crippen LogP contribution in [0.5, 0.6) is 0 Å². The molecule has 5 heteroatoms. The van der Waals surface area contributed by atoms with Crippen LogP contribution in [0.4, 0.5) is 0 Å². The molecule has 104 valence electrons. The molecule has 4 nitrogen and oxygen atoms in total. The largest absolute Gasteiger partial charge is 0.392 e. The van der Waals surface area contributed by atoms with Crippen LogP contribution in [-0.2, 0) is 19.5 Å². The normalized spacial score (nSPS) is 12.9. The van der Waals surface area contributed by atoms with E-state index in [2.05, 4.69) is 47.1 Å². The van der Waals surface area contributed by atoms with Crippen molar-refractivity contribution in [2.24, 2.45) is 0 Å². The van der Waals surface area contributed by atoms with Crippen molar-refractivity contribution in [2.75, 3.05) is 6.54 Å². The summed E-state index contributed by atoms with van der Waals surface area (Å²) in [7, 11) is 0. The molecule has 0 aliphatic heterocycles. The van der Waals surface area contributed by atoms with Crippen molar-refractivity contribution >= 4 is 15.9 Å². The second-order valence-corrected chi connectivity index (χ2v) is 5.24. The Labute approximate surface area is 118 Å². The van der Waals surface area contributed by atoms with Crippen molar-refractivity contribution in [3.63, 3.8) is 0 Å². The molecule has 0 aliphatic carbocycles. The summed E-state index contributed by atoms with van der Waals surface area (Å²) < 4.78 is 3.12. The standard InChI is InChI=1S/C13H24BrN3O/c1-4-7-10(18)8-15-9-12-13(14)11(5-2)16-17(12)6-3/h10,15,18H,4-9H2,1-3H3. The summed E-state index contributed by atoms with van der Waals surface area (Å²) in [5, 5.41) is 17.5. The predicted molar refractivity (Wildman–Crippen MR) is 77.6 cm³/mol. The summed E-state index contributed by atoms with van der Waals surface area (Å²) in [4.78, 5) is 0. The second kappa shape index (κ2) is 7.92. The maximum Gasteiger partial charge on any atom is 0.0767 e. The fourth-order valence-corrected chi connectivity index (χ4v) is 2.68. The molecule has 0 spiro atoms. The van der Waals surface area contributed by atoms with Crippen molar-refractivity contribution in [2.45, 2.75) is 59.2 Å². The smallest absolute Gasteiger partial charge is 0.0767 e. The van der Waals surface area contributed by atoms with E-state index in [0.717, 1.165) is 48.2 Å². The monoisotopic (exact) mass is 317 g/mol. The maximum absolute atomic E-state index is 9.68. The molecule has 0 bridgehead atoms. The van der Waals surface area contributed by atoms with Gasteiger partial charge in [-0.2, -0.15) is 5.10 Å². The highest BCUT2D eigenvalue weighted by Gasteiger charge is 2.13. The Balaban J connectivity index is 2.58. The highest BCUT2D eigenvalue weighted by atomic mass is 79.9. The SMILES string of the molecule is CCCC(O)CNCc1c(Br)c(CC)nn1CC. The van der Waals surface area contributed by atoms with Gasteiger partial charge in [-0.1, -0.05) is 20.3 Å². The molecule has 0 amide bonds. The summed E-state index contributed by atoms with van der Waals surface area (Å²) in [5.74, 6) is 0. The van der Waals surface area contributed by atoms with Gasteiger partial charge in [-0.3, -0.25) is 4.68 Å². The van der Waals surface area contributed by atoms with Gasteiger partial charge in [0.2, 0.25) is 0 Å². The Morgan fingerprint density at radius 2 is 2.11 bits per heavy atom. The second-order valence-electron chi connectivity index (χ2n) is 4.45. The van der Waals surface area contributed by atoms with E-state index in [1.54, 1.807) is 0 Å². The summed E-state index contributed by atoms with van der Waals surface area (Å²) >= 11 is 3.62. The third-order valence-electron chi connectivity index (χ3n) is 2.99. The molecule has 1 atom stereocenters. The molecule has 0 saturated carbocycles. The van der Waals surface area contributed by atoms with Gasteiger partial charge in [-0.15, -0.1) is 0 Å². The first kappa shape index (κ1) is 15.7. The molecule has 1 aromatic rings. The van der Waals surface area contributed by atoms with Crippen molar-refractivity contribution in [3.05, 3.63) is 15.9 Å². The number of rotatable bonds is 8. The number of hydrogen-bond acceptors (Lipinski definition) is 3. The molecule has 0 radical (unpaired) electrons. The molecule has 0 aromatic carbocycles. The molecule has 1 unspecified atom stereocenters. The lowest BCUT2D eigenvalue weighted by atomic mass is 10.2. The van der Waals surface area contributed by atoms with Crippen LogP contribution in [0.3, 0.4) is 0 Å². The number of nitrogens with zero attached hydrogens (tertiary/aromatic N) is 2. The van der Waals surface area contributed by atoms with E-state index in [0.29, 0.717) is 6.54 Å². The summed E-state index contributed by atoms with van der Waals surface area (Å²) in [6.45, 7) is 8.52. The summed E-state index contributed by atoms with van der Waals surface area (Å²) in [6, 6.07) is 0. The van der Waals surface area contributed by atoms with E-state index >= 15 is 0 Å². The van der Waals surface area contributed by atoms with E-state index in [-0.39, 0.29) is 6.10 Å². The molecule has 1 rings (SSSR count). The minimum Gasteiger partial charge on any atom is -0.392 e. The molecule has 0 fully saturated rings. The topological polar surface area (TPSA) is 50.1 Å². The molecule has 1 aromatic heterocycles. The van der Waals surface area contributed by atoms with E-state index in [9.17, 15) is 5.11 Å².